The number of rotatable bonds is 24. The van der Waals surface area contributed by atoms with Gasteiger partial charge in [0.2, 0.25) is 5.91 Å². The first-order valence-corrected chi connectivity index (χ1v) is 32.5. The summed E-state index contributed by atoms with van der Waals surface area (Å²) in [5.41, 5.74) is 10.7. The van der Waals surface area contributed by atoms with Crippen molar-refractivity contribution in [3.63, 3.8) is 0 Å². The Hall–Kier alpha value is -9.29. The lowest BCUT2D eigenvalue weighted by atomic mass is 9.80. The number of aromatic amines is 1. The van der Waals surface area contributed by atoms with Gasteiger partial charge in [0.15, 0.2) is 8.32 Å². The van der Waals surface area contributed by atoms with E-state index >= 15 is 0 Å². The molecule has 436 valence electrons. The van der Waals surface area contributed by atoms with E-state index in [1.807, 2.05) is 164 Å². The van der Waals surface area contributed by atoms with Gasteiger partial charge >= 0.3 is 0 Å². The van der Waals surface area contributed by atoms with E-state index in [1.54, 1.807) is 6.08 Å². The van der Waals surface area contributed by atoms with Crippen molar-refractivity contribution in [3.05, 3.63) is 292 Å². The molecule has 0 spiro atoms. The summed E-state index contributed by atoms with van der Waals surface area (Å²) in [7, 11) is -2.66. The van der Waals surface area contributed by atoms with Gasteiger partial charge < -0.3 is 43.1 Å². The van der Waals surface area contributed by atoms with E-state index in [1.165, 1.54) is 0 Å². The fourth-order valence-electron chi connectivity index (χ4n) is 10.5. The molecule has 0 bridgehead atoms. The molecule has 0 aliphatic carbocycles. The molecule has 86 heavy (non-hydrogen) atoms. The van der Waals surface area contributed by atoms with E-state index in [0.717, 1.165) is 83.9 Å². The minimum absolute atomic E-state index is 0.191. The number of hydrogen-bond acceptors (Lipinski definition) is 8. The van der Waals surface area contributed by atoms with Crippen LogP contribution in [0.2, 0.25) is 18.1 Å². The second-order valence-corrected chi connectivity index (χ2v) is 28.1. The fraction of sp³-hybridized carbons (Fsp3) is 0.213. The van der Waals surface area contributed by atoms with Gasteiger partial charge in [0.1, 0.15) is 73.6 Å². The highest BCUT2D eigenvalue weighted by atomic mass is 28.4. The predicted molar refractivity (Wildman–Crippen MR) is 345 cm³/mol. The third-order valence-corrected chi connectivity index (χ3v) is 20.6. The molecular formula is C75H74N2O8Si. The maximum Gasteiger partial charge on any atom is 0.244 e. The minimum atomic E-state index is -2.66. The lowest BCUT2D eigenvalue weighted by Crippen LogP contribution is -2.49. The molecule has 9 aromatic carbocycles. The zero-order chi connectivity index (χ0) is 59.3. The number of amides is 1. The first kappa shape index (κ1) is 58.5. The van der Waals surface area contributed by atoms with Crippen molar-refractivity contribution in [2.45, 2.75) is 96.5 Å². The number of hydrogen-bond donors (Lipinski definition) is 2. The fourth-order valence-corrected chi connectivity index (χ4v) is 11.8. The van der Waals surface area contributed by atoms with Gasteiger partial charge in [-0.15, -0.1) is 0 Å². The molecule has 0 saturated carbocycles. The number of benzene rings is 9. The number of nitrogens with one attached hydrogen (secondary N) is 2. The van der Waals surface area contributed by atoms with Crippen molar-refractivity contribution in [2.75, 3.05) is 6.54 Å². The number of carbonyl (C=O) groups excluding carboxylic acids is 1. The summed E-state index contributed by atoms with van der Waals surface area (Å²) in [6, 6.07) is 77.0. The number of H-pyrrole nitrogens is 1. The summed E-state index contributed by atoms with van der Waals surface area (Å²) in [6.07, 6.45) is 2.64. The zero-order valence-electron chi connectivity index (χ0n) is 49.5. The van der Waals surface area contributed by atoms with E-state index in [9.17, 15) is 4.79 Å². The first-order chi connectivity index (χ1) is 41.9. The summed E-state index contributed by atoms with van der Waals surface area (Å²) in [5, 5.41) is 4.03. The van der Waals surface area contributed by atoms with Gasteiger partial charge in [0, 0.05) is 53.0 Å². The average molecular weight is 1160 g/mol. The van der Waals surface area contributed by atoms with Crippen LogP contribution in [0.5, 0.6) is 34.5 Å². The molecule has 0 radical (unpaired) electrons. The summed E-state index contributed by atoms with van der Waals surface area (Å²) in [6.45, 7) is 13.7. The average Bonchev–Trinajstić information content (AvgIpc) is 1.62. The normalized spacial score (nSPS) is 14.9. The molecule has 1 aromatic heterocycles. The van der Waals surface area contributed by atoms with Crippen LogP contribution in [0.25, 0.3) is 17.0 Å². The highest BCUT2D eigenvalue weighted by Gasteiger charge is 2.50. The van der Waals surface area contributed by atoms with Crippen LogP contribution >= 0.6 is 0 Å². The molecule has 1 aliphatic rings. The Bertz CT molecular complexity index is 3830. The highest BCUT2D eigenvalue weighted by molar-refractivity contribution is 6.74. The van der Waals surface area contributed by atoms with Crippen LogP contribution in [0, 0.1) is 0 Å². The largest absolute Gasteiger partial charge is 0.489 e. The SMILES string of the molecule is CC(C)(C)[Si](C)(C)O[C@H]1C(c2[nH]c3cc(OCc4ccccc4)ccc3c2CCNC(=O)/C=C/c2ccc(OCc3ccccc3)cc2)c2c(OCc3ccccc3)cc(OCc3ccccc3)cc2O[C@@H]1c1ccc(OCc2ccccc2)cc1. The van der Waals surface area contributed by atoms with Crippen molar-refractivity contribution in [3.8, 4) is 34.5 Å². The standard InChI is InChI=1S/C75H74N2O8Si/c1-75(2,3)86(4,5)85-74-71(72-65(64-41-40-62(45-66(64)77-72)81-50-56-25-15-8-16-26-56)43-44-76-69(78)42-33-53-31-36-60(37-32-53)79-48-54-21-11-6-12-22-54)70-67(83-52-58-29-19-10-20-30-58)46-63(82-51-57-27-17-9-18-28-57)47-68(70)84-73(74)59-34-38-61(39-35-59)80-49-55-23-13-7-14-24-55/h6-42,45-47,71,73-74,77H,43-44,48-52H2,1-5H3,(H,76,78)/b42-33+/t71?,73-,74+/m1/s1. The topological polar surface area (TPSA) is 110 Å². The summed E-state index contributed by atoms with van der Waals surface area (Å²) in [4.78, 5) is 17.9. The minimum Gasteiger partial charge on any atom is -0.489 e. The van der Waals surface area contributed by atoms with E-state index in [2.05, 4.69) is 117 Å². The number of aromatic nitrogens is 1. The Morgan fingerprint density at radius 2 is 1.01 bits per heavy atom. The summed E-state index contributed by atoms with van der Waals surface area (Å²) < 4.78 is 48.1. The molecule has 11 heteroatoms. The van der Waals surface area contributed by atoms with Gasteiger partial charge in [0.05, 0.1) is 12.0 Å². The zero-order valence-corrected chi connectivity index (χ0v) is 50.5. The Morgan fingerprint density at radius 3 is 1.52 bits per heavy atom. The van der Waals surface area contributed by atoms with E-state index in [4.69, 9.17) is 32.8 Å². The van der Waals surface area contributed by atoms with Gasteiger partial charge in [0.25, 0.3) is 0 Å². The molecule has 2 heterocycles. The van der Waals surface area contributed by atoms with Crippen LogP contribution in [-0.2, 0) is 48.7 Å². The second kappa shape index (κ2) is 27.2. The maximum absolute atomic E-state index is 13.9. The maximum atomic E-state index is 13.9. The molecule has 0 fully saturated rings. The Morgan fingerprint density at radius 1 is 0.547 bits per heavy atom. The van der Waals surface area contributed by atoms with Crippen LogP contribution < -0.4 is 33.7 Å². The molecule has 3 atom stereocenters. The third kappa shape index (κ3) is 14.8. The van der Waals surface area contributed by atoms with Crippen molar-refractivity contribution in [2.24, 2.45) is 0 Å². The van der Waals surface area contributed by atoms with Crippen molar-refractivity contribution < 1.29 is 37.6 Å². The van der Waals surface area contributed by atoms with E-state index in [0.29, 0.717) is 56.6 Å². The lowest BCUT2D eigenvalue weighted by Gasteiger charge is -2.47. The molecular weight excluding hydrogens is 1080 g/mol. The quantitative estimate of drug-likeness (QED) is 0.0455. The molecule has 0 saturated heterocycles. The monoisotopic (exact) mass is 1160 g/mol. The highest BCUT2D eigenvalue weighted by Crippen LogP contribution is 2.55. The Balaban J connectivity index is 1.01. The second-order valence-electron chi connectivity index (χ2n) is 23.3. The van der Waals surface area contributed by atoms with Gasteiger partial charge in [-0.2, -0.15) is 0 Å². The lowest BCUT2D eigenvalue weighted by molar-refractivity contribution is -0.116. The Kier molecular flexibility index (Phi) is 18.5. The van der Waals surface area contributed by atoms with Gasteiger partial charge in [-0.1, -0.05) is 197 Å². The summed E-state index contributed by atoms with van der Waals surface area (Å²) in [5.74, 6) is 3.30. The number of fused-ring (bicyclic) bond motifs is 2. The molecule has 1 aliphatic heterocycles. The van der Waals surface area contributed by atoms with Crippen LogP contribution in [0.4, 0.5) is 0 Å². The van der Waals surface area contributed by atoms with Crippen LogP contribution in [0.15, 0.2) is 237 Å². The molecule has 10 aromatic rings. The molecule has 1 amide bonds. The van der Waals surface area contributed by atoms with Crippen LogP contribution in [-0.4, -0.2) is 31.9 Å². The smallest absolute Gasteiger partial charge is 0.244 e. The van der Waals surface area contributed by atoms with Crippen molar-refractivity contribution in [1.82, 2.24) is 10.3 Å². The van der Waals surface area contributed by atoms with E-state index < -0.39 is 26.4 Å². The van der Waals surface area contributed by atoms with Crippen molar-refractivity contribution in [1.29, 1.82) is 0 Å². The van der Waals surface area contributed by atoms with Crippen molar-refractivity contribution >= 4 is 31.2 Å². The van der Waals surface area contributed by atoms with E-state index in [-0.39, 0.29) is 17.6 Å². The van der Waals surface area contributed by atoms with Gasteiger partial charge in [-0.3, -0.25) is 4.79 Å². The van der Waals surface area contributed by atoms with Crippen LogP contribution in [0.1, 0.15) is 88.6 Å². The predicted octanol–water partition coefficient (Wildman–Crippen LogP) is 17.1. The molecule has 1 unspecified atom stereocenters. The number of carbonyl (C=O) groups is 1. The summed E-state index contributed by atoms with van der Waals surface area (Å²) >= 11 is 0. The van der Waals surface area contributed by atoms with Crippen LogP contribution in [0.3, 0.4) is 0 Å². The van der Waals surface area contributed by atoms with Gasteiger partial charge in [-0.05, 0) is 112 Å². The number of ether oxygens (including phenoxy) is 6. The first-order valence-electron chi connectivity index (χ1n) is 29.6. The Labute approximate surface area is 506 Å². The molecule has 10 nitrogen and oxygen atoms in total. The molecule has 2 N–H and O–H groups in total. The van der Waals surface area contributed by atoms with Gasteiger partial charge in [-0.25, -0.2) is 0 Å². The third-order valence-electron chi connectivity index (χ3n) is 16.1. The molecule has 11 rings (SSSR count).